The van der Waals surface area contributed by atoms with Gasteiger partial charge in [-0.05, 0) is 49.6 Å². The molecule has 3 aromatic rings. The second-order valence-electron chi connectivity index (χ2n) is 8.27. The molecule has 8 heteroatoms. The van der Waals surface area contributed by atoms with Crippen molar-refractivity contribution in [3.05, 3.63) is 107 Å². The summed E-state index contributed by atoms with van der Waals surface area (Å²) in [6.07, 6.45) is 5.58. The van der Waals surface area contributed by atoms with E-state index in [4.69, 9.17) is 4.74 Å². The fourth-order valence-corrected chi connectivity index (χ4v) is 4.54. The summed E-state index contributed by atoms with van der Waals surface area (Å²) >= 11 is 0. The van der Waals surface area contributed by atoms with Gasteiger partial charge in [-0.2, -0.15) is 9.83 Å². The Kier molecular flexibility index (Phi) is 8.32. The van der Waals surface area contributed by atoms with Crippen molar-refractivity contribution in [3.8, 4) is 5.75 Å². The number of aliphatic hydroxyl groups is 1. The number of pyridine rings is 1. The van der Waals surface area contributed by atoms with Crippen LogP contribution >= 0.6 is 0 Å². The van der Waals surface area contributed by atoms with Crippen LogP contribution in [-0.2, 0) is 28.6 Å². The zero-order valence-electron chi connectivity index (χ0n) is 19.9. The normalized spacial score (nSPS) is 18.5. The van der Waals surface area contributed by atoms with Crippen LogP contribution in [0.5, 0.6) is 5.75 Å². The van der Waals surface area contributed by atoms with E-state index in [1.54, 1.807) is 25.5 Å². The Hall–Kier alpha value is -3.62. The van der Waals surface area contributed by atoms with Crippen LogP contribution in [0.2, 0.25) is 0 Å². The van der Waals surface area contributed by atoms with Crippen molar-refractivity contribution in [3.63, 3.8) is 0 Å². The minimum Gasteiger partial charge on any atom is -0.618 e. The molecule has 0 amide bonds. The number of rotatable bonds is 7. The first-order valence-electron chi connectivity index (χ1n) is 11.2. The van der Waals surface area contributed by atoms with Crippen LogP contribution in [0.4, 0.5) is 5.69 Å². The third-order valence-electron chi connectivity index (χ3n) is 6.17. The molecular weight excluding hydrogens is 487 g/mol. The van der Waals surface area contributed by atoms with Gasteiger partial charge in [0.2, 0.25) is 0 Å². The average Bonchev–Trinajstić information content (AvgIpc) is 3.08. The Balaban J connectivity index is 0.00000342. The van der Waals surface area contributed by atoms with Crippen molar-refractivity contribution in [1.29, 1.82) is 0 Å². The van der Waals surface area contributed by atoms with Crippen LogP contribution in [0.25, 0.3) is 0 Å². The number of hydrogen-bond acceptors (Lipinski definition) is 5. The zero-order chi connectivity index (χ0) is 24.1. The number of anilines is 1. The molecule has 4 rings (SSSR count). The molecule has 0 aliphatic carbocycles. The molecule has 7 nitrogen and oxygen atoms in total. The Morgan fingerprint density at radius 3 is 2.57 bits per heavy atom. The molecule has 1 atom stereocenters. The summed E-state index contributed by atoms with van der Waals surface area (Å²) in [5.74, 6) is 0.363. The Morgan fingerprint density at radius 1 is 1.14 bits per heavy atom. The van der Waals surface area contributed by atoms with Gasteiger partial charge >= 0.3 is 5.90 Å². The van der Waals surface area contributed by atoms with Gasteiger partial charge in [0.25, 0.3) is 5.69 Å². The van der Waals surface area contributed by atoms with E-state index in [0.717, 1.165) is 30.1 Å². The molecule has 1 radical (unpaired) electrons. The second-order valence-corrected chi connectivity index (χ2v) is 8.27. The number of aromatic nitrogens is 1. The van der Waals surface area contributed by atoms with Gasteiger partial charge in [0, 0.05) is 58.3 Å². The van der Waals surface area contributed by atoms with Crippen LogP contribution in [0.3, 0.4) is 0 Å². The third kappa shape index (κ3) is 5.23. The summed E-state index contributed by atoms with van der Waals surface area (Å²) in [6, 6.07) is 21.3. The summed E-state index contributed by atoms with van der Waals surface area (Å²) in [5, 5.41) is 29.8. The van der Waals surface area contributed by atoms with E-state index in [1.807, 2.05) is 30.3 Å². The van der Waals surface area contributed by atoms with Gasteiger partial charge in [-0.25, -0.2) is 0 Å². The van der Waals surface area contributed by atoms with Crippen molar-refractivity contribution >= 4 is 17.8 Å². The number of ether oxygens (including phenoxy) is 1. The summed E-state index contributed by atoms with van der Waals surface area (Å²) < 4.78 is 6.03. The largest absolute Gasteiger partial charge is 0.618 e. The van der Waals surface area contributed by atoms with Gasteiger partial charge in [0.05, 0.1) is 13.3 Å². The molecule has 2 aromatic carbocycles. The van der Waals surface area contributed by atoms with Gasteiger partial charge in [-0.15, -0.1) is 5.10 Å². The van der Waals surface area contributed by atoms with Gasteiger partial charge in [0.1, 0.15) is 5.75 Å². The first kappa shape index (κ1) is 26.0. The van der Waals surface area contributed by atoms with E-state index in [2.05, 4.69) is 53.2 Å². The minimum atomic E-state index is -0.441. The van der Waals surface area contributed by atoms with E-state index in [9.17, 15) is 10.3 Å². The van der Waals surface area contributed by atoms with Crippen LogP contribution < -0.4 is 14.4 Å². The predicted molar refractivity (Wildman–Crippen MR) is 135 cm³/mol. The van der Waals surface area contributed by atoms with Gasteiger partial charge in [-0.3, -0.25) is 0 Å². The maximum atomic E-state index is 11.8. The van der Waals surface area contributed by atoms with Crippen molar-refractivity contribution in [2.75, 3.05) is 18.6 Å². The molecule has 183 valence electrons. The van der Waals surface area contributed by atoms with Gasteiger partial charge < -0.3 is 20.0 Å². The van der Waals surface area contributed by atoms with Crippen LogP contribution in [0, 0.1) is 5.21 Å². The van der Waals surface area contributed by atoms with E-state index in [0.29, 0.717) is 4.73 Å². The number of methoxy groups -OCH3 is 1. The number of aliphatic hydroxyl groups excluding tert-OH is 1. The monoisotopic (exact) mass is 515 g/mol. The molecule has 2 heterocycles. The molecule has 0 bridgehead atoms. The Bertz CT molecular complexity index is 1260. The van der Waals surface area contributed by atoms with E-state index >= 15 is 0 Å². The van der Waals surface area contributed by atoms with Gasteiger partial charge in [0.15, 0.2) is 6.20 Å². The molecule has 0 saturated heterocycles. The molecule has 1 aliphatic rings. The van der Waals surface area contributed by atoms with E-state index in [1.165, 1.54) is 23.4 Å². The second kappa shape index (κ2) is 11.2. The summed E-state index contributed by atoms with van der Waals surface area (Å²) in [7, 11) is 1.67. The summed E-state index contributed by atoms with van der Waals surface area (Å²) in [6.45, 7) is 5.10. The number of allylic oxidation sites excluding steroid dienone is 2. The molecule has 1 aromatic heterocycles. The van der Waals surface area contributed by atoms with Crippen molar-refractivity contribution in [2.24, 2.45) is 10.2 Å². The number of nitrogens with zero attached hydrogens (tertiary/aromatic N) is 4. The van der Waals surface area contributed by atoms with E-state index < -0.39 is 5.90 Å². The number of fused-ring (bicyclic) bond motifs is 1. The average molecular weight is 515 g/mol. The summed E-state index contributed by atoms with van der Waals surface area (Å²) in [5.41, 5.74) is 4.33. The Morgan fingerprint density at radius 2 is 1.89 bits per heavy atom. The molecule has 0 spiro atoms. The maximum Gasteiger partial charge on any atom is 0.305 e. The third-order valence-corrected chi connectivity index (χ3v) is 6.17. The van der Waals surface area contributed by atoms with Gasteiger partial charge in [-0.1, -0.05) is 36.4 Å². The SMILES string of the molecule is CCN1\C(=C/C=N/N=C(\O)c2cccc[n+]2[O-])C(C)(Cc2ccccc2)c2ccc(OC)cc21.[Co]. The zero-order valence-corrected chi connectivity index (χ0v) is 20.9. The molecule has 35 heavy (non-hydrogen) atoms. The van der Waals surface area contributed by atoms with E-state index in [-0.39, 0.29) is 27.9 Å². The predicted octanol–water partition coefficient (Wildman–Crippen LogP) is 4.54. The molecular formula is C27H28CoN4O3. The first-order chi connectivity index (χ1) is 16.5. The van der Waals surface area contributed by atoms with Crippen LogP contribution in [-0.4, -0.2) is 30.9 Å². The number of benzene rings is 2. The Labute approximate surface area is 215 Å². The maximum absolute atomic E-state index is 11.8. The minimum absolute atomic E-state index is 0. The van der Waals surface area contributed by atoms with Crippen molar-refractivity contribution in [1.82, 2.24) is 0 Å². The number of hydrogen-bond donors (Lipinski definition) is 1. The molecule has 1 unspecified atom stereocenters. The summed E-state index contributed by atoms with van der Waals surface area (Å²) in [4.78, 5) is 2.25. The fourth-order valence-electron chi connectivity index (χ4n) is 4.54. The number of likely N-dealkylation sites (N-methyl/N-ethyl adjacent to an activating group) is 1. The first-order valence-corrected chi connectivity index (χ1v) is 11.2. The quantitative estimate of drug-likeness (QED) is 0.165. The van der Waals surface area contributed by atoms with Crippen LogP contribution in [0.15, 0.2) is 94.9 Å². The van der Waals surface area contributed by atoms with Crippen molar-refractivity contribution in [2.45, 2.75) is 25.7 Å². The van der Waals surface area contributed by atoms with Crippen LogP contribution in [0.1, 0.15) is 30.7 Å². The molecule has 0 fully saturated rings. The molecule has 1 aliphatic heterocycles. The molecule has 1 N–H and O–H groups in total. The standard InChI is InChI=1S/C27H28N4O3.Co/c1-4-30-24-18-21(34-3)13-14-22(24)27(2,19-20-10-6-5-7-11-20)25(30)15-16-28-29-26(32)23-12-8-9-17-31(23)33;/h5-18H,4,19H2,1-3H3,(H,29,32);/b25-15-,28-16+;. The topological polar surface area (TPSA) is 84.4 Å². The van der Waals surface area contributed by atoms with Crippen molar-refractivity contribution < 1.29 is 31.4 Å². The molecule has 0 saturated carbocycles. The smallest absolute Gasteiger partial charge is 0.305 e. The fraction of sp³-hybridized carbons (Fsp3) is 0.222.